The Balaban J connectivity index is 1.53. The number of carbonyl (C=O) groups is 1. The van der Waals surface area contributed by atoms with E-state index in [9.17, 15) is 4.79 Å². The van der Waals surface area contributed by atoms with Crippen LogP contribution in [-0.4, -0.2) is 26.0 Å². The van der Waals surface area contributed by atoms with Crippen molar-refractivity contribution in [3.63, 3.8) is 0 Å². The van der Waals surface area contributed by atoms with Crippen molar-refractivity contribution in [1.29, 1.82) is 0 Å². The second kappa shape index (κ2) is 7.44. The summed E-state index contributed by atoms with van der Waals surface area (Å²) in [5.41, 5.74) is 0.888. The van der Waals surface area contributed by atoms with Crippen molar-refractivity contribution >= 4 is 11.6 Å². The second-order valence-corrected chi connectivity index (χ2v) is 5.38. The zero-order chi connectivity index (χ0) is 18.5. The van der Waals surface area contributed by atoms with Crippen molar-refractivity contribution in [2.24, 2.45) is 0 Å². The molecule has 27 heavy (non-hydrogen) atoms. The second-order valence-electron chi connectivity index (χ2n) is 5.38. The predicted molar refractivity (Wildman–Crippen MR) is 96.2 cm³/mol. The standard InChI is InChI=1S/C19H13N5O3/c25-18(19-23-17(24-27-19)15-12-20-10-11-21-15)22-14-8-4-5-9-16(14)26-13-6-2-1-3-7-13/h1-12H,(H,22,25). The van der Waals surface area contributed by atoms with Crippen LogP contribution in [0.4, 0.5) is 5.69 Å². The van der Waals surface area contributed by atoms with E-state index in [2.05, 4.69) is 25.4 Å². The van der Waals surface area contributed by atoms with E-state index in [0.29, 0.717) is 22.9 Å². The fourth-order valence-corrected chi connectivity index (χ4v) is 2.28. The van der Waals surface area contributed by atoms with Gasteiger partial charge in [0.2, 0.25) is 5.82 Å². The number of benzene rings is 2. The maximum absolute atomic E-state index is 12.5. The molecule has 1 amide bonds. The third-order valence-electron chi connectivity index (χ3n) is 3.52. The minimum atomic E-state index is -0.554. The highest BCUT2D eigenvalue weighted by atomic mass is 16.5. The van der Waals surface area contributed by atoms with Gasteiger partial charge >= 0.3 is 11.8 Å². The van der Waals surface area contributed by atoms with Crippen LogP contribution in [0, 0.1) is 0 Å². The van der Waals surface area contributed by atoms with Gasteiger partial charge in [-0.15, -0.1) is 0 Å². The number of hydrogen-bond donors (Lipinski definition) is 1. The SMILES string of the molecule is O=C(Nc1ccccc1Oc1ccccc1)c1nc(-c2cnccn2)no1. The van der Waals surface area contributed by atoms with Gasteiger partial charge < -0.3 is 14.6 Å². The lowest BCUT2D eigenvalue weighted by Gasteiger charge is -2.11. The van der Waals surface area contributed by atoms with E-state index in [-0.39, 0.29) is 11.7 Å². The zero-order valence-electron chi connectivity index (χ0n) is 13.9. The summed E-state index contributed by atoms with van der Waals surface area (Å²) in [5.74, 6) is 0.585. The first-order chi connectivity index (χ1) is 13.3. The Morgan fingerprint density at radius 1 is 1.00 bits per heavy atom. The molecule has 0 saturated heterocycles. The molecule has 4 rings (SSSR count). The number of nitrogens with zero attached hydrogens (tertiary/aromatic N) is 4. The van der Waals surface area contributed by atoms with E-state index in [0.717, 1.165) is 0 Å². The lowest BCUT2D eigenvalue weighted by molar-refractivity contribution is 0.0981. The van der Waals surface area contributed by atoms with Gasteiger partial charge in [0.1, 0.15) is 11.4 Å². The lowest BCUT2D eigenvalue weighted by Crippen LogP contribution is -2.13. The van der Waals surface area contributed by atoms with Gasteiger partial charge in [-0.05, 0) is 24.3 Å². The van der Waals surface area contributed by atoms with Gasteiger partial charge in [-0.3, -0.25) is 9.78 Å². The molecule has 8 nitrogen and oxygen atoms in total. The summed E-state index contributed by atoms with van der Waals surface area (Å²) in [6.07, 6.45) is 4.51. The summed E-state index contributed by atoms with van der Waals surface area (Å²) in [5, 5.41) is 6.47. The van der Waals surface area contributed by atoms with Gasteiger partial charge in [0, 0.05) is 12.4 Å². The Kier molecular flexibility index (Phi) is 4.52. The number of amides is 1. The summed E-state index contributed by atoms with van der Waals surface area (Å²) < 4.78 is 10.9. The predicted octanol–water partition coefficient (Wildman–Crippen LogP) is 3.57. The molecule has 2 heterocycles. The number of para-hydroxylation sites is 3. The van der Waals surface area contributed by atoms with Crippen LogP contribution in [0.5, 0.6) is 11.5 Å². The Hall–Kier alpha value is -4.07. The monoisotopic (exact) mass is 359 g/mol. The van der Waals surface area contributed by atoms with Crippen molar-refractivity contribution in [3.8, 4) is 23.0 Å². The normalized spacial score (nSPS) is 10.4. The third-order valence-corrected chi connectivity index (χ3v) is 3.52. The van der Waals surface area contributed by atoms with Crippen molar-refractivity contribution in [2.45, 2.75) is 0 Å². The number of aromatic nitrogens is 4. The Labute approximate surface area is 153 Å². The molecule has 0 atom stereocenters. The van der Waals surface area contributed by atoms with Crippen molar-refractivity contribution in [3.05, 3.63) is 79.1 Å². The fraction of sp³-hybridized carbons (Fsp3) is 0. The molecule has 4 aromatic rings. The van der Waals surface area contributed by atoms with Crippen LogP contribution in [0.15, 0.2) is 77.7 Å². The number of hydrogen-bond acceptors (Lipinski definition) is 7. The zero-order valence-corrected chi connectivity index (χ0v) is 13.9. The lowest BCUT2D eigenvalue weighted by atomic mass is 10.3. The van der Waals surface area contributed by atoms with Gasteiger partial charge in [0.15, 0.2) is 5.75 Å². The largest absolute Gasteiger partial charge is 0.455 e. The first kappa shape index (κ1) is 16.4. The number of anilines is 1. The highest BCUT2D eigenvalue weighted by Gasteiger charge is 2.18. The molecule has 1 N–H and O–H groups in total. The van der Waals surface area contributed by atoms with Crippen LogP contribution in [0.2, 0.25) is 0 Å². The highest BCUT2D eigenvalue weighted by Crippen LogP contribution is 2.29. The van der Waals surface area contributed by atoms with E-state index in [1.54, 1.807) is 18.2 Å². The summed E-state index contributed by atoms with van der Waals surface area (Å²) in [6, 6.07) is 16.3. The molecule has 0 bridgehead atoms. The molecule has 0 saturated carbocycles. The minimum absolute atomic E-state index is 0.182. The van der Waals surface area contributed by atoms with Crippen LogP contribution in [0.25, 0.3) is 11.5 Å². The average molecular weight is 359 g/mol. The van der Waals surface area contributed by atoms with E-state index in [4.69, 9.17) is 9.26 Å². The van der Waals surface area contributed by atoms with E-state index in [1.165, 1.54) is 18.6 Å². The van der Waals surface area contributed by atoms with E-state index >= 15 is 0 Å². The molecule has 0 fully saturated rings. The van der Waals surface area contributed by atoms with Crippen LogP contribution in [0.3, 0.4) is 0 Å². The summed E-state index contributed by atoms with van der Waals surface area (Å²) in [7, 11) is 0. The average Bonchev–Trinajstić information content (AvgIpc) is 3.21. The van der Waals surface area contributed by atoms with E-state index in [1.807, 2.05) is 36.4 Å². The smallest absolute Gasteiger partial charge is 0.316 e. The maximum Gasteiger partial charge on any atom is 0.316 e. The topological polar surface area (TPSA) is 103 Å². The highest BCUT2D eigenvalue weighted by molar-refractivity contribution is 6.02. The minimum Gasteiger partial charge on any atom is -0.455 e. The molecule has 132 valence electrons. The van der Waals surface area contributed by atoms with Crippen molar-refractivity contribution in [2.75, 3.05) is 5.32 Å². The quantitative estimate of drug-likeness (QED) is 0.581. The fourth-order valence-electron chi connectivity index (χ4n) is 2.28. The molecule has 0 aliphatic heterocycles. The van der Waals surface area contributed by atoms with Gasteiger partial charge in [-0.25, -0.2) is 4.98 Å². The number of rotatable bonds is 5. The molecular weight excluding hydrogens is 346 g/mol. The summed E-state index contributed by atoms with van der Waals surface area (Å²) >= 11 is 0. The van der Waals surface area contributed by atoms with Gasteiger partial charge in [-0.2, -0.15) is 4.98 Å². The van der Waals surface area contributed by atoms with Crippen LogP contribution in [-0.2, 0) is 0 Å². The Morgan fingerprint density at radius 3 is 2.63 bits per heavy atom. The summed E-state index contributed by atoms with van der Waals surface area (Å²) in [4.78, 5) is 24.5. The first-order valence-electron chi connectivity index (χ1n) is 8.03. The molecule has 0 radical (unpaired) electrons. The molecule has 8 heteroatoms. The molecule has 0 unspecified atom stereocenters. The number of nitrogens with one attached hydrogen (secondary N) is 1. The maximum atomic E-state index is 12.5. The molecule has 0 aliphatic carbocycles. The van der Waals surface area contributed by atoms with Crippen molar-refractivity contribution < 1.29 is 14.1 Å². The Morgan fingerprint density at radius 2 is 1.81 bits per heavy atom. The number of carbonyl (C=O) groups excluding carboxylic acids is 1. The first-order valence-corrected chi connectivity index (χ1v) is 8.03. The van der Waals surface area contributed by atoms with Crippen LogP contribution >= 0.6 is 0 Å². The Bertz CT molecular complexity index is 1050. The van der Waals surface area contributed by atoms with Crippen molar-refractivity contribution in [1.82, 2.24) is 20.1 Å². The number of ether oxygens (including phenoxy) is 1. The van der Waals surface area contributed by atoms with Gasteiger partial charge in [-0.1, -0.05) is 35.5 Å². The third kappa shape index (κ3) is 3.79. The molecule has 2 aromatic heterocycles. The molecule has 0 aliphatic rings. The van der Waals surface area contributed by atoms with Gasteiger partial charge in [0.05, 0.1) is 11.9 Å². The summed E-state index contributed by atoms with van der Waals surface area (Å²) in [6.45, 7) is 0. The molecule has 2 aromatic carbocycles. The van der Waals surface area contributed by atoms with E-state index < -0.39 is 5.91 Å². The van der Waals surface area contributed by atoms with Crippen LogP contribution < -0.4 is 10.1 Å². The molecular formula is C19H13N5O3. The molecule has 0 spiro atoms. The van der Waals surface area contributed by atoms with Crippen LogP contribution in [0.1, 0.15) is 10.7 Å². The van der Waals surface area contributed by atoms with Gasteiger partial charge in [0.25, 0.3) is 0 Å².